The van der Waals surface area contributed by atoms with E-state index in [-0.39, 0.29) is 5.02 Å². The van der Waals surface area contributed by atoms with Crippen molar-refractivity contribution in [2.24, 2.45) is 0 Å². The first kappa shape index (κ1) is 20.1. The highest BCUT2D eigenvalue weighted by atomic mass is 79.9. The maximum absolute atomic E-state index is 13.5. The molecule has 0 radical (unpaired) electrons. The lowest BCUT2D eigenvalue weighted by Crippen LogP contribution is -2.02. The zero-order valence-corrected chi connectivity index (χ0v) is 17.8. The molecule has 2 aromatic heterocycles. The SMILES string of the molecule is N#Cc1cnc2c(Br)cc(NCc3cccnc3)cc2c1Nc1ccc(F)c(Cl)c1. The Morgan fingerprint density at radius 3 is 2.73 bits per heavy atom. The molecule has 0 amide bonds. The van der Waals surface area contributed by atoms with Gasteiger partial charge in [-0.1, -0.05) is 17.7 Å². The van der Waals surface area contributed by atoms with Crippen LogP contribution in [0.4, 0.5) is 21.5 Å². The average Bonchev–Trinajstić information content (AvgIpc) is 2.76. The summed E-state index contributed by atoms with van der Waals surface area (Å²) in [6, 6.07) is 14.2. The molecule has 0 unspecified atom stereocenters. The minimum atomic E-state index is -0.507. The molecular weight excluding hydrogens is 469 g/mol. The van der Waals surface area contributed by atoms with Crippen molar-refractivity contribution >= 4 is 55.5 Å². The second-order valence-corrected chi connectivity index (χ2v) is 7.74. The van der Waals surface area contributed by atoms with Gasteiger partial charge in [0.2, 0.25) is 0 Å². The molecule has 0 aliphatic heterocycles. The van der Waals surface area contributed by atoms with Crippen molar-refractivity contribution in [1.82, 2.24) is 9.97 Å². The van der Waals surface area contributed by atoms with Gasteiger partial charge < -0.3 is 10.6 Å². The van der Waals surface area contributed by atoms with Gasteiger partial charge in [0.15, 0.2) is 0 Å². The fourth-order valence-electron chi connectivity index (χ4n) is 3.01. The molecule has 8 heteroatoms. The highest BCUT2D eigenvalue weighted by molar-refractivity contribution is 9.10. The van der Waals surface area contributed by atoms with Crippen LogP contribution < -0.4 is 10.6 Å². The minimum absolute atomic E-state index is 0.00289. The standard InChI is InChI=1S/C22H14BrClFN5/c23-18-7-16(28-11-13-2-1-5-27-10-13)6-17-21(14(9-26)12-29-22(17)18)30-15-3-4-20(25)19(24)8-15/h1-8,10,12,28H,11H2,(H,29,30). The fourth-order valence-corrected chi connectivity index (χ4v) is 3.75. The molecule has 0 saturated heterocycles. The van der Waals surface area contributed by atoms with E-state index in [1.54, 1.807) is 18.5 Å². The molecule has 0 fully saturated rings. The second-order valence-electron chi connectivity index (χ2n) is 6.48. The lowest BCUT2D eigenvalue weighted by atomic mass is 10.1. The predicted molar refractivity (Wildman–Crippen MR) is 120 cm³/mol. The fraction of sp³-hybridized carbons (Fsp3) is 0.0455. The number of nitriles is 1. The molecule has 2 heterocycles. The van der Waals surface area contributed by atoms with Crippen LogP contribution in [-0.2, 0) is 6.54 Å². The number of nitrogens with one attached hydrogen (secondary N) is 2. The molecule has 4 rings (SSSR count). The maximum atomic E-state index is 13.5. The Hall–Kier alpha value is -3.21. The summed E-state index contributed by atoms with van der Waals surface area (Å²) in [6.45, 7) is 0.591. The average molecular weight is 483 g/mol. The van der Waals surface area contributed by atoms with Crippen molar-refractivity contribution in [2.45, 2.75) is 6.54 Å². The van der Waals surface area contributed by atoms with E-state index in [0.717, 1.165) is 21.1 Å². The molecule has 0 aliphatic rings. The molecule has 0 spiro atoms. The number of rotatable bonds is 5. The molecule has 30 heavy (non-hydrogen) atoms. The van der Waals surface area contributed by atoms with E-state index in [2.05, 4.69) is 42.6 Å². The zero-order valence-electron chi connectivity index (χ0n) is 15.5. The first-order chi connectivity index (χ1) is 14.5. The van der Waals surface area contributed by atoms with Gasteiger partial charge in [-0.25, -0.2) is 4.39 Å². The van der Waals surface area contributed by atoms with E-state index in [1.165, 1.54) is 18.3 Å². The highest BCUT2D eigenvalue weighted by Crippen LogP contribution is 2.35. The van der Waals surface area contributed by atoms with E-state index < -0.39 is 5.82 Å². The highest BCUT2D eigenvalue weighted by Gasteiger charge is 2.14. The van der Waals surface area contributed by atoms with Crippen LogP contribution in [0.25, 0.3) is 10.9 Å². The smallest absolute Gasteiger partial charge is 0.141 e. The molecule has 0 atom stereocenters. The van der Waals surface area contributed by atoms with Crippen LogP contribution in [0.2, 0.25) is 5.02 Å². The van der Waals surface area contributed by atoms with E-state index in [1.807, 2.05) is 24.3 Å². The summed E-state index contributed by atoms with van der Waals surface area (Å²) in [5.41, 5.74) is 4.06. The van der Waals surface area contributed by atoms with E-state index in [4.69, 9.17) is 11.6 Å². The van der Waals surface area contributed by atoms with Crippen molar-refractivity contribution in [2.75, 3.05) is 10.6 Å². The molecule has 2 N–H and O–H groups in total. The van der Waals surface area contributed by atoms with Gasteiger partial charge in [-0.3, -0.25) is 9.97 Å². The van der Waals surface area contributed by atoms with Gasteiger partial charge in [-0.2, -0.15) is 5.26 Å². The second kappa shape index (κ2) is 8.66. The van der Waals surface area contributed by atoms with Crippen LogP contribution in [0.3, 0.4) is 0 Å². The molecule has 0 aliphatic carbocycles. The molecular formula is C22H14BrClFN5. The summed E-state index contributed by atoms with van der Waals surface area (Å²) in [7, 11) is 0. The third kappa shape index (κ3) is 4.20. The Morgan fingerprint density at radius 1 is 1.13 bits per heavy atom. The number of halogens is 3. The molecule has 2 aromatic carbocycles. The summed E-state index contributed by atoms with van der Waals surface area (Å²) in [4.78, 5) is 8.53. The number of anilines is 3. The van der Waals surface area contributed by atoms with Gasteiger partial charge in [0, 0.05) is 46.4 Å². The molecule has 148 valence electrons. The van der Waals surface area contributed by atoms with E-state index >= 15 is 0 Å². The van der Waals surface area contributed by atoms with E-state index in [9.17, 15) is 9.65 Å². The molecule has 0 bridgehead atoms. The summed E-state index contributed by atoms with van der Waals surface area (Å²) < 4.78 is 14.3. The summed E-state index contributed by atoms with van der Waals surface area (Å²) in [6.07, 6.45) is 5.03. The Morgan fingerprint density at radius 2 is 2.00 bits per heavy atom. The topological polar surface area (TPSA) is 73.6 Å². The van der Waals surface area contributed by atoms with Crippen LogP contribution in [0.5, 0.6) is 0 Å². The number of fused-ring (bicyclic) bond motifs is 1. The van der Waals surface area contributed by atoms with Gasteiger partial charge in [0.1, 0.15) is 11.9 Å². The normalized spacial score (nSPS) is 10.6. The minimum Gasteiger partial charge on any atom is -0.381 e. The van der Waals surface area contributed by atoms with Gasteiger partial charge in [-0.05, 0) is 57.9 Å². The van der Waals surface area contributed by atoms with Crippen molar-refractivity contribution in [3.8, 4) is 6.07 Å². The van der Waals surface area contributed by atoms with Crippen molar-refractivity contribution < 1.29 is 4.39 Å². The monoisotopic (exact) mass is 481 g/mol. The van der Waals surface area contributed by atoms with Gasteiger partial charge >= 0.3 is 0 Å². The number of hydrogen-bond donors (Lipinski definition) is 2. The Balaban J connectivity index is 1.76. The number of hydrogen-bond acceptors (Lipinski definition) is 5. The third-order valence-electron chi connectivity index (χ3n) is 4.45. The van der Waals surface area contributed by atoms with Crippen molar-refractivity contribution in [3.63, 3.8) is 0 Å². The number of benzene rings is 2. The summed E-state index contributed by atoms with van der Waals surface area (Å²) >= 11 is 9.47. The third-order valence-corrected chi connectivity index (χ3v) is 5.35. The molecule has 5 nitrogen and oxygen atoms in total. The zero-order chi connectivity index (χ0) is 21.1. The van der Waals surface area contributed by atoms with Crippen molar-refractivity contribution in [3.05, 3.63) is 87.5 Å². The Labute approximate surface area is 185 Å². The number of pyridine rings is 2. The number of aromatic nitrogens is 2. The predicted octanol–water partition coefficient (Wildman–Crippen LogP) is 6.41. The van der Waals surface area contributed by atoms with Gasteiger partial charge in [0.05, 0.1) is 21.8 Å². The molecule has 0 saturated carbocycles. The van der Waals surface area contributed by atoms with Crippen molar-refractivity contribution in [1.29, 1.82) is 5.26 Å². The Bertz CT molecular complexity index is 1270. The first-order valence-electron chi connectivity index (χ1n) is 8.92. The lowest BCUT2D eigenvalue weighted by Gasteiger charge is -2.15. The van der Waals surface area contributed by atoms with Crippen LogP contribution >= 0.6 is 27.5 Å². The quantitative estimate of drug-likeness (QED) is 0.344. The first-order valence-corrected chi connectivity index (χ1v) is 10.1. The molecule has 4 aromatic rings. The van der Waals surface area contributed by atoms with Crippen LogP contribution in [0.15, 0.2) is 65.5 Å². The van der Waals surface area contributed by atoms with Gasteiger partial charge in [0.25, 0.3) is 0 Å². The summed E-state index contributed by atoms with van der Waals surface area (Å²) in [5, 5.41) is 16.9. The largest absolute Gasteiger partial charge is 0.381 e. The van der Waals surface area contributed by atoms with Gasteiger partial charge in [-0.15, -0.1) is 0 Å². The maximum Gasteiger partial charge on any atom is 0.141 e. The van der Waals surface area contributed by atoms with Crippen LogP contribution in [0.1, 0.15) is 11.1 Å². The van der Waals surface area contributed by atoms with E-state index in [0.29, 0.717) is 29.0 Å². The number of nitrogens with zero attached hydrogens (tertiary/aromatic N) is 3. The van der Waals surface area contributed by atoms with Crippen LogP contribution in [0, 0.1) is 17.1 Å². The summed E-state index contributed by atoms with van der Waals surface area (Å²) in [5.74, 6) is -0.507. The Kier molecular flexibility index (Phi) is 5.79. The van der Waals surface area contributed by atoms with Crippen LogP contribution in [-0.4, -0.2) is 9.97 Å². The lowest BCUT2D eigenvalue weighted by molar-refractivity contribution is 0.628.